The van der Waals surface area contributed by atoms with Crippen molar-refractivity contribution < 1.29 is 13.2 Å². The molecule has 1 saturated heterocycles. The van der Waals surface area contributed by atoms with Gasteiger partial charge in [0.15, 0.2) is 0 Å². The average molecular weight is 370 g/mol. The highest BCUT2D eigenvalue weighted by Gasteiger charge is 2.32. The number of anilines is 1. The number of nitrogens with zero attached hydrogens (tertiary/aromatic N) is 3. The highest BCUT2D eigenvalue weighted by atomic mass is 32.1. The number of likely N-dealkylation sites (tertiary alicyclic amines) is 1. The van der Waals surface area contributed by atoms with Gasteiger partial charge in [-0.1, -0.05) is 41.7 Å². The van der Waals surface area contributed by atoms with Gasteiger partial charge in [-0.25, -0.2) is 0 Å². The molecule has 2 heterocycles. The van der Waals surface area contributed by atoms with E-state index in [0.29, 0.717) is 19.0 Å². The van der Waals surface area contributed by atoms with Crippen molar-refractivity contribution >= 4 is 16.5 Å². The SMILES string of the molecule is FC(F)(F)CN1CCC(CNc2nnc(Cc3ccccc3)s2)CC1. The van der Waals surface area contributed by atoms with Crippen LogP contribution in [0.4, 0.5) is 18.3 Å². The molecule has 25 heavy (non-hydrogen) atoms. The fourth-order valence-corrected chi connectivity index (χ4v) is 3.78. The molecule has 1 aromatic carbocycles. The second-order valence-electron chi connectivity index (χ2n) is 6.38. The maximum atomic E-state index is 12.4. The fraction of sp³-hybridized carbons (Fsp3) is 0.529. The summed E-state index contributed by atoms with van der Waals surface area (Å²) in [6.45, 7) is 0.939. The Labute approximate surface area is 149 Å². The topological polar surface area (TPSA) is 41.0 Å². The lowest BCUT2D eigenvalue weighted by molar-refractivity contribution is -0.148. The zero-order valence-electron chi connectivity index (χ0n) is 13.8. The molecular formula is C17H21F3N4S. The molecule has 0 spiro atoms. The van der Waals surface area contributed by atoms with E-state index in [1.807, 2.05) is 18.2 Å². The summed E-state index contributed by atoms with van der Waals surface area (Å²) < 4.78 is 37.2. The fourth-order valence-electron chi connectivity index (χ4n) is 3.00. The first-order chi connectivity index (χ1) is 12.0. The zero-order chi connectivity index (χ0) is 17.7. The van der Waals surface area contributed by atoms with Crippen molar-refractivity contribution in [2.75, 3.05) is 31.5 Å². The maximum Gasteiger partial charge on any atom is 0.401 e. The molecule has 8 heteroatoms. The molecule has 0 bridgehead atoms. The van der Waals surface area contributed by atoms with E-state index < -0.39 is 12.7 Å². The first-order valence-electron chi connectivity index (χ1n) is 8.37. The highest BCUT2D eigenvalue weighted by Crippen LogP contribution is 2.24. The van der Waals surface area contributed by atoms with Crippen LogP contribution in [0, 0.1) is 5.92 Å². The van der Waals surface area contributed by atoms with E-state index in [4.69, 9.17) is 0 Å². The van der Waals surface area contributed by atoms with E-state index in [-0.39, 0.29) is 0 Å². The zero-order valence-corrected chi connectivity index (χ0v) is 14.6. The minimum atomic E-state index is -4.10. The lowest BCUT2D eigenvalue weighted by atomic mass is 9.97. The Balaban J connectivity index is 1.41. The van der Waals surface area contributed by atoms with Gasteiger partial charge in [0.05, 0.1) is 6.54 Å². The molecule has 0 aliphatic carbocycles. The van der Waals surface area contributed by atoms with Gasteiger partial charge in [0, 0.05) is 13.0 Å². The normalized spacial score (nSPS) is 16.9. The number of hydrogen-bond donors (Lipinski definition) is 1. The van der Waals surface area contributed by atoms with Gasteiger partial charge in [0.1, 0.15) is 5.01 Å². The van der Waals surface area contributed by atoms with Crippen molar-refractivity contribution in [3.63, 3.8) is 0 Å². The van der Waals surface area contributed by atoms with Crippen LogP contribution in [-0.2, 0) is 6.42 Å². The lowest BCUT2D eigenvalue weighted by Gasteiger charge is -2.32. The summed E-state index contributed by atoms with van der Waals surface area (Å²) in [5, 5.41) is 13.4. The molecule has 1 aliphatic rings. The van der Waals surface area contributed by atoms with Crippen molar-refractivity contribution in [2.45, 2.75) is 25.4 Å². The van der Waals surface area contributed by atoms with E-state index >= 15 is 0 Å². The summed E-state index contributed by atoms with van der Waals surface area (Å²) >= 11 is 1.53. The van der Waals surface area contributed by atoms with Crippen LogP contribution in [0.15, 0.2) is 30.3 Å². The number of aromatic nitrogens is 2. The van der Waals surface area contributed by atoms with Gasteiger partial charge < -0.3 is 5.32 Å². The number of benzene rings is 1. The summed E-state index contributed by atoms with van der Waals surface area (Å²) in [5.74, 6) is 0.381. The van der Waals surface area contributed by atoms with Gasteiger partial charge in [-0.3, -0.25) is 4.90 Å². The third-order valence-corrected chi connectivity index (χ3v) is 5.20. The molecule has 3 rings (SSSR count). The van der Waals surface area contributed by atoms with Crippen LogP contribution in [0.25, 0.3) is 0 Å². The first kappa shape index (κ1) is 18.1. The van der Waals surface area contributed by atoms with Crippen LogP contribution in [-0.4, -0.2) is 47.5 Å². The smallest absolute Gasteiger partial charge is 0.360 e. The van der Waals surface area contributed by atoms with Crippen molar-refractivity contribution in [1.29, 1.82) is 0 Å². The maximum absolute atomic E-state index is 12.4. The van der Waals surface area contributed by atoms with Gasteiger partial charge in [0.2, 0.25) is 5.13 Å². The van der Waals surface area contributed by atoms with Crippen molar-refractivity contribution in [1.82, 2.24) is 15.1 Å². The monoisotopic (exact) mass is 370 g/mol. The summed E-state index contributed by atoms with van der Waals surface area (Å²) in [6.07, 6.45) is -1.79. The van der Waals surface area contributed by atoms with Gasteiger partial charge in [-0.15, -0.1) is 10.2 Å². The summed E-state index contributed by atoms with van der Waals surface area (Å²) in [6, 6.07) is 10.1. The van der Waals surface area contributed by atoms with Crippen LogP contribution in [0.5, 0.6) is 0 Å². The molecular weight excluding hydrogens is 349 g/mol. The van der Waals surface area contributed by atoms with Crippen LogP contribution in [0.3, 0.4) is 0 Å². The molecule has 4 nitrogen and oxygen atoms in total. The molecule has 0 saturated carbocycles. The minimum Gasteiger partial charge on any atom is -0.360 e. The van der Waals surface area contributed by atoms with Gasteiger partial charge in [0.25, 0.3) is 0 Å². The number of halogens is 3. The van der Waals surface area contributed by atoms with E-state index in [9.17, 15) is 13.2 Å². The van der Waals surface area contributed by atoms with E-state index in [1.54, 1.807) is 0 Å². The van der Waals surface area contributed by atoms with Crippen LogP contribution >= 0.6 is 11.3 Å². The van der Waals surface area contributed by atoms with E-state index in [2.05, 4.69) is 27.6 Å². The third kappa shape index (κ3) is 5.97. The molecule has 1 aromatic heterocycles. The van der Waals surface area contributed by atoms with E-state index in [1.165, 1.54) is 21.8 Å². The molecule has 1 aliphatic heterocycles. The lowest BCUT2D eigenvalue weighted by Crippen LogP contribution is -2.41. The largest absolute Gasteiger partial charge is 0.401 e. The number of piperidine rings is 1. The number of rotatable bonds is 6. The van der Waals surface area contributed by atoms with Gasteiger partial charge in [-0.05, 0) is 37.4 Å². The van der Waals surface area contributed by atoms with Crippen molar-refractivity contribution in [3.8, 4) is 0 Å². The third-order valence-electron chi connectivity index (χ3n) is 4.32. The number of nitrogens with one attached hydrogen (secondary N) is 1. The summed E-state index contributed by atoms with van der Waals surface area (Å²) in [4.78, 5) is 1.49. The molecule has 0 unspecified atom stereocenters. The van der Waals surface area contributed by atoms with Crippen molar-refractivity contribution in [3.05, 3.63) is 40.9 Å². The summed E-state index contributed by atoms with van der Waals surface area (Å²) in [7, 11) is 0. The number of hydrogen-bond acceptors (Lipinski definition) is 5. The Morgan fingerprint density at radius 1 is 1.12 bits per heavy atom. The van der Waals surface area contributed by atoms with Crippen LogP contribution in [0.1, 0.15) is 23.4 Å². The molecule has 1 fully saturated rings. The Kier molecular flexibility index (Phi) is 5.90. The standard InChI is InChI=1S/C17H21F3N4S/c18-17(19,20)12-24-8-6-14(7-9-24)11-21-16-23-22-15(25-16)10-13-4-2-1-3-5-13/h1-5,14H,6-12H2,(H,21,23). The Morgan fingerprint density at radius 2 is 1.84 bits per heavy atom. The Bertz CT molecular complexity index is 651. The Hall–Kier alpha value is -1.67. The molecule has 0 radical (unpaired) electrons. The molecule has 0 amide bonds. The van der Waals surface area contributed by atoms with E-state index in [0.717, 1.165) is 35.9 Å². The predicted octanol–water partition coefficient (Wildman–Crippen LogP) is 3.82. The quantitative estimate of drug-likeness (QED) is 0.839. The van der Waals surface area contributed by atoms with Gasteiger partial charge in [-0.2, -0.15) is 13.2 Å². The summed E-state index contributed by atoms with van der Waals surface area (Å²) in [5.41, 5.74) is 1.20. The minimum absolute atomic E-state index is 0.381. The highest BCUT2D eigenvalue weighted by molar-refractivity contribution is 7.15. The Morgan fingerprint density at radius 3 is 2.52 bits per heavy atom. The van der Waals surface area contributed by atoms with Crippen LogP contribution < -0.4 is 5.32 Å². The number of alkyl halides is 3. The average Bonchev–Trinajstić information content (AvgIpc) is 3.01. The molecule has 1 N–H and O–H groups in total. The molecule has 136 valence electrons. The molecule has 0 atom stereocenters. The molecule has 2 aromatic rings. The predicted molar refractivity (Wildman–Crippen MR) is 92.9 cm³/mol. The van der Waals surface area contributed by atoms with Gasteiger partial charge >= 0.3 is 6.18 Å². The second-order valence-corrected chi connectivity index (χ2v) is 7.44. The first-order valence-corrected chi connectivity index (χ1v) is 9.19. The van der Waals surface area contributed by atoms with Crippen LogP contribution in [0.2, 0.25) is 0 Å². The van der Waals surface area contributed by atoms with Crippen molar-refractivity contribution in [2.24, 2.45) is 5.92 Å². The second kappa shape index (κ2) is 8.14.